The zero-order valence-corrected chi connectivity index (χ0v) is 24.5. The molecule has 0 heterocycles. The summed E-state index contributed by atoms with van der Waals surface area (Å²) in [6.45, 7) is 0. The minimum absolute atomic E-state index is 0.137. The van der Waals surface area contributed by atoms with Crippen LogP contribution >= 0.6 is 0 Å². The van der Waals surface area contributed by atoms with Crippen LogP contribution in [0.25, 0.3) is 0 Å². The molecule has 3 rings (SSSR count). The number of hydrogen-bond acceptors (Lipinski definition) is 2. The van der Waals surface area contributed by atoms with E-state index in [2.05, 4.69) is 18.2 Å². The minimum Gasteiger partial charge on any atom is -0.481 e. The van der Waals surface area contributed by atoms with E-state index in [0.29, 0.717) is 6.42 Å². The molecule has 3 aliphatic rings. The van der Waals surface area contributed by atoms with Gasteiger partial charge in [-0.1, -0.05) is 101 Å². The summed E-state index contributed by atoms with van der Waals surface area (Å²) in [5.41, 5.74) is 3.94. The molecule has 2 N–H and O–H groups in total. The predicted octanol–water partition coefficient (Wildman–Crippen LogP) is 10.3. The van der Waals surface area contributed by atoms with Gasteiger partial charge in [0.05, 0.1) is 5.57 Å². The molecule has 0 aromatic heterocycles. The molecule has 3 aliphatic carbocycles. The quantitative estimate of drug-likeness (QED) is 0.260. The Kier molecular flexibility index (Phi) is 14.7. The molecule has 0 aromatic rings. The van der Waals surface area contributed by atoms with E-state index in [4.69, 9.17) is 0 Å². The summed E-state index contributed by atoms with van der Waals surface area (Å²) in [6, 6.07) is 0. The van der Waals surface area contributed by atoms with Crippen LogP contribution in [0.3, 0.4) is 0 Å². The van der Waals surface area contributed by atoms with Gasteiger partial charge in [-0.3, -0.25) is 4.79 Å². The first-order valence-electron chi connectivity index (χ1n) is 16.4. The molecular weight excluding hydrogens is 484 g/mol. The summed E-state index contributed by atoms with van der Waals surface area (Å²) in [6.07, 6.45) is 32.4. The molecule has 4 nitrogen and oxygen atoms in total. The molecule has 0 aliphatic heterocycles. The lowest BCUT2D eigenvalue weighted by atomic mass is 9.77. The van der Waals surface area contributed by atoms with E-state index in [-0.39, 0.29) is 5.57 Å². The molecule has 0 saturated heterocycles. The van der Waals surface area contributed by atoms with Crippen molar-refractivity contribution in [1.82, 2.24) is 0 Å². The van der Waals surface area contributed by atoms with Crippen LogP contribution in [0.2, 0.25) is 0 Å². The highest BCUT2D eigenvalue weighted by molar-refractivity contribution is 5.98. The molecule has 1 unspecified atom stereocenters. The van der Waals surface area contributed by atoms with Crippen molar-refractivity contribution >= 4 is 11.9 Å². The largest absolute Gasteiger partial charge is 0.481 e. The van der Waals surface area contributed by atoms with E-state index >= 15 is 0 Å². The Bertz CT molecular complexity index is 868. The predicted molar refractivity (Wildman–Crippen MR) is 161 cm³/mol. The minimum atomic E-state index is -1.08. The van der Waals surface area contributed by atoms with Gasteiger partial charge in [-0.2, -0.15) is 0 Å². The fourth-order valence-electron chi connectivity index (χ4n) is 6.77. The summed E-state index contributed by atoms with van der Waals surface area (Å²) in [4.78, 5) is 26.3. The molecule has 0 amide bonds. The van der Waals surface area contributed by atoms with Gasteiger partial charge in [-0.15, -0.1) is 0 Å². The summed E-state index contributed by atoms with van der Waals surface area (Å²) in [5.74, 6) is -3.13. The van der Waals surface area contributed by atoms with Crippen molar-refractivity contribution in [3.05, 3.63) is 46.1 Å². The number of carbonyl (C=O) groups is 2. The number of rotatable bonds is 6. The molecule has 0 fully saturated rings. The van der Waals surface area contributed by atoms with Crippen LogP contribution in [0.1, 0.15) is 154 Å². The maximum Gasteiger partial charge on any atom is 0.333 e. The van der Waals surface area contributed by atoms with E-state index in [1.807, 2.05) is 0 Å². The van der Waals surface area contributed by atoms with Gasteiger partial charge < -0.3 is 10.2 Å². The average molecular weight is 539 g/mol. The fourth-order valence-corrected chi connectivity index (χ4v) is 6.77. The van der Waals surface area contributed by atoms with Crippen LogP contribution in [0, 0.1) is 5.92 Å². The van der Waals surface area contributed by atoms with E-state index < -0.39 is 17.9 Å². The summed E-state index contributed by atoms with van der Waals surface area (Å²) < 4.78 is 0. The van der Waals surface area contributed by atoms with Crippen molar-refractivity contribution in [3.8, 4) is 0 Å². The lowest BCUT2D eigenvalue weighted by molar-refractivity contribution is -0.142. The first-order chi connectivity index (χ1) is 19.1. The number of carboxylic acid groups (broad SMARTS) is 2. The molecule has 1 atom stereocenters. The first kappa shape index (κ1) is 31.4. The van der Waals surface area contributed by atoms with Crippen LogP contribution in [0.4, 0.5) is 0 Å². The first-order valence-corrected chi connectivity index (χ1v) is 16.4. The maximum absolute atomic E-state index is 13.2. The molecular formula is C35H54O4. The Balaban J connectivity index is 2.19. The number of carboxylic acids is 2. The Hall–Kier alpha value is -2.10. The highest BCUT2D eigenvalue weighted by Crippen LogP contribution is 2.39. The Morgan fingerprint density at radius 3 is 1.33 bits per heavy atom. The SMILES string of the molecule is O=C(O)C(=C(/C1=C/CCCCCCCC1)/C1=C/CCCCCCCC1)C(C(=O)O)/C1=C/CCCCCCCC1. The standard InChI is InChI=1S/C35H54O4/c36-34(37)32(30-26-20-14-8-3-9-15-21-27-30)33(35(38)39)31(28-22-16-10-4-1-5-11-17-23-28)29-24-18-12-6-2-7-13-19-25-29/h22,24,26,32H,1-21,23,25,27H2,(H,36,37)(H,38,39)/b28-22+,29-24+,30-26+. The van der Waals surface area contributed by atoms with E-state index in [1.165, 1.54) is 51.4 Å². The van der Waals surface area contributed by atoms with Gasteiger partial charge in [-0.25, -0.2) is 4.79 Å². The molecule has 4 heteroatoms. The van der Waals surface area contributed by atoms with Gasteiger partial charge in [0.2, 0.25) is 0 Å². The molecule has 0 aromatic carbocycles. The topological polar surface area (TPSA) is 74.6 Å². The van der Waals surface area contributed by atoms with E-state index in [9.17, 15) is 19.8 Å². The van der Waals surface area contributed by atoms with Crippen LogP contribution in [-0.4, -0.2) is 22.2 Å². The van der Waals surface area contributed by atoms with Crippen LogP contribution < -0.4 is 0 Å². The maximum atomic E-state index is 13.2. The van der Waals surface area contributed by atoms with Crippen molar-refractivity contribution in [1.29, 1.82) is 0 Å². The van der Waals surface area contributed by atoms with Crippen molar-refractivity contribution in [2.45, 2.75) is 154 Å². The third-order valence-electron chi connectivity index (χ3n) is 8.96. The van der Waals surface area contributed by atoms with Crippen LogP contribution in [0.5, 0.6) is 0 Å². The molecule has 0 bridgehead atoms. The third kappa shape index (κ3) is 10.8. The van der Waals surface area contributed by atoms with Crippen molar-refractivity contribution < 1.29 is 19.8 Å². The number of aliphatic carboxylic acids is 2. The summed E-state index contributed by atoms with van der Waals surface area (Å²) >= 11 is 0. The highest BCUT2D eigenvalue weighted by Gasteiger charge is 2.35. The van der Waals surface area contributed by atoms with Gasteiger partial charge >= 0.3 is 11.9 Å². The lowest BCUT2D eigenvalue weighted by Gasteiger charge is -2.26. The Labute approximate surface area is 237 Å². The highest BCUT2D eigenvalue weighted by atomic mass is 16.4. The smallest absolute Gasteiger partial charge is 0.333 e. The van der Waals surface area contributed by atoms with Gasteiger partial charge in [0.25, 0.3) is 0 Å². The number of allylic oxidation sites excluding steroid dienone is 6. The lowest BCUT2D eigenvalue weighted by Crippen LogP contribution is -2.26. The van der Waals surface area contributed by atoms with Crippen LogP contribution in [-0.2, 0) is 9.59 Å². The van der Waals surface area contributed by atoms with E-state index in [0.717, 1.165) is 119 Å². The van der Waals surface area contributed by atoms with Gasteiger partial charge in [0.15, 0.2) is 0 Å². The van der Waals surface area contributed by atoms with Crippen LogP contribution in [0.15, 0.2) is 46.1 Å². The second-order valence-corrected chi connectivity index (χ2v) is 12.1. The van der Waals surface area contributed by atoms with Crippen molar-refractivity contribution in [2.75, 3.05) is 0 Å². The second-order valence-electron chi connectivity index (χ2n) is 12.1. The monoisotopic (exact) mass is 538 g/mol. The summed E-state index contributed by atoms with van der Waals surface area (Å²) in [7, 11) is 0. The Morgan fingerprint density at radius 1 is 0.513 bits per heavy atom. The van der Waals surface area contributed by atoms with Crippen molar-refractivity contribution in [2.24, 2.45) is 5.92 Å². The van der Waals surface area contributed by atoms with Crippen molar-refractivity contribution in [3.63, 3.8) is 0 Å². The molecule has 0 saturated carbocycles. The normalized spacial score (nSPS) is 26.2. The number of hydrogen-bond donors (Lipinski definition) is 2. The average Bonchev–Trinajstić information content (AvgIpc) is 2.93. The van der Waals surface area contributed by atoms with Gasteiger partial charge in [0, 0.05) is 0 Å². The molecule has 0 radical (unpaired) electrons. The third-order valence-corrected chi connectivity index (χ3v) is 8.96. The van der Waals surface area contributed by atoms with E-state index in [1.54, 1.807) is 0 Å². The second kappa shape index (κ2) is 18.3. The summed E-state index contributed by atoms with van der Waals surface area (Å²) in [5, 5.41) is 21.5. The molecule has 39 heavy (non-hydrogen) atoms. The zero-order chi connectivity index (χ0) is 27.7. The fraction of sp³-hybridized carbons (Fsp3) is 0.714. The molecule has 0 spiro atoms. The van der Waals surface area contributed by atoms with Gasteiger partial charge in [-0.05, 0) is 93.8 Å². The Morgan fingerprint density at radius 2 is 0.897 bits per heavy atom. The van der Waals surface area contributed by atoms with Gasteiger partial charge in [0.1, 0.15) is 5.92 Å². The molecule has 218 valence electrons. The zero-order valence-electron chi connectivity index (χ0n) is 24.5.